The number of hydrogen-bond acceptors (Lipinski definition) is 5. The molecule has 36 heavy (non-hydrogen) atoms. The van der Waals surface area contributed by atoms with Crippen LogP contribution < -0.4 is 5.32 Å². The van der Waals surface area contributed by atoms with E-state index >= 15 is 0 Å². The summed E-state index contributed by atoms with van der Waals surface area (Å²) in [5, 5.41) is 16.2. The number of nitrogens with zero attached hydrogens (tertiary/aromatic N) is 2. The molecule has 186 valence electrons. The minimum atomic E-state index is -1.17. The highest BCUT2D eigenvalue weighted by Gasteiger charge is 2.25. The summed E-state index contributed by atoms with van der Waals surface area (Å²) in [4.78, 5) is 38.8. The lowest BCUT2D eigenvalue weighted by Crippen LogP contribution is -2.42. The molecular formula is C26H23Cl2N3O5. The number of carboxylic acid groups (broad SMARTS) is 1. The highest BCUT2D eigenvalue weighted by atomic mass is 35.5. The van der Waals surface area contributed by atoms with Crippen molar-refractivity contribution in [3.63, 3.8) is 0 Å². The van der Waals surface area contributed by atoms with E-state index in [0.29, 0.717) is 30.8 Å². The van der Waals surface area contributed by atoms with Crippen LogP contribution >= 0.6 is 23.2 Å². The maximum atomic E-state index is 12.6. The molecule has 0 radical (unpaired) electrons. The van der Waals surface area contributed by atoms with E-state index in [1.807, 2.05) is 30.3 Å². The molecule has 0 saturated heterocycles. The molecule has 1 aliphatic heterocycles. The summed E-state index contributed by atoms with van der Waals surface area (Å²) in [5.74, 6) is -1.93. The molecule has 10 heteroatoms. The second kappa shape index (κ2) is 11.0. The van der Waals surface area contributed by atoms with Crippen molar-refractivity contribution in [1.82, 2.24) is 15.4 Å². The van der Waals surface area contributed by atoms with Crippen LogP contribution in [-0.4, -0.2) is 52.1 Å². The van der Waals surface area contributed by atoms with Crippen LogP contribution in [0.25, 0.3) is 5.57 Å². The van der Waals surface area contributed by atoms with Gasteiger partial charge in [-0.2, -0.15) is 0 Å². The predicted molar refractivity (Wildman–Crippen MR) is 135 cm³/mol. The number of benzene rings is 2. The Bertz CT molecular complexity index is 1310. The number of aryl methyl sites for hydroxylation is 1. The van der Waals surface area contributed by atoms with E-state index in [9.17, 15) is 19.5 Å². The van der Waals surface area contributed by atoms with Crippen LogP contribution in [-0.2, 0) is 11.2 Å². The third-order valence-electron chi connectivity index (χ3n) is 6.03. The van der Waals surface area contributed by atoms with E-state index in [2.05, 4.69) is 10.5 Å². The molecule has 2 amide bonds. The maximum absolute atomic E-state index is 12.6. The Balaban J connectivity index is 1.40. The third kappa shape index (κ3) is 5.61. The topological polar surface area (TPSA) is 113 Å². The lowest BCUT2D eigenvalue weighted by Gasteiger charge is -2.26. The second-order valence-electron chi connectivity index (χ2n) is 8.41. The van der Waals surface area contributed by atoms with E-state index in [-0.39, 0.29) is 27.9 Å². The number of amides is 2. The quantitative estimate of drug-likeness (QED) is 0.462. The van der Waals surface area contributed by atoms with Crippen LogP contribution in [0, 0.1) is 6.92 Å². The number of carbonyl (C=O) groups excluding carboxylic acids is 2. The summed E-state index contributed by atoms with van der Waals surface area (Å²) >= 11 is 12.1. The molecule has 8 nitrogen and oxygen atoms in total. The van der Waals surface area contributed by atoms with Crippen molar-refractivity contribution < 1.29 is 24.0 Å². The highest BCUT2D eigenvalue weighted by Crippen LogP contribution is 2.26. The zero-order valence-electron chi connectivity index (χ0n) is 19.3. The van der Waals surface area contributed by atoms with Gasteiger partial charge in [-0.05, 0) is 42.2 Å². The van der Waals surface area contributed by atoms with E-state index in [1.165, 1.54) is 18.4 Å². The van der Waals surface area contributed by atoms with Gasteiger partial charge >= 0.3 is 5.97 Å². The van der Waals surface area contributed by atoms with E-state index in [0.717, 1.165) is 16.7 Å². The van der Waals surface area contributed by atoms with Gasteiger partial charge in [0, 0.05) is 19.5 Å². The lowest BCUT2D eigenvalue weighted by molar-refractivity contribution is -0.139. The summed E-state index contributed by atoms with van der Waals surface area (Å²) < 4.78 is 4.87. The molecule has 2 N–H and O–H groups in total. The van der Waals surface area contributed by atoms with Gasteiger partial charge in [0.05, 0.1) is 21.3 Å². The first-order valence-electron chi connectivity index (χ1n) is 11.2. The molecule has 1 atom stereocenters. The van der Waals surface area contributed by atoms with Crippen molar-refractivity contribution in [2.24, 2.45) is 0 Å². The predicted octanol–water partition coefficient (Wildman–Crippen LogP) is 4.65. The first-order valence-corrected chi connectivity index (χ1v) is 12.0. The van der Waals surface area contributed by atoms with Crippen LogP contribution in [0.15, 0.2) is 59.3 Å². The molecule has 0 fully saturated rings. The number of carboxylic acids is 1. The fourth-order valence-corrected chi connectivity index (χ4v) is 4.59. The van der Waals surface area contributed by atoms with Gasteiger partial charge < -0.3 is 19.8 Å². The Morgan fingerprint density at radius 1 is 1.14 bits per heavy atom. The first kappa shape index (κ1) is 25.5. The SMILES string of the molecule is Cc1nocc1C(=O)N1CC=C(c2ccc(C[C@H](NC(=O)c3c(Cl)cccc3Cl)C(=O)O)cc2)CC1. The van der Waals surface area contributed by atoms with Gasteiger partial charge in [0.25, 0.3) is 11.8 Å². The van der Waals surface area contributed by atoms with Gasteiger partial charge in [-0.15, -0.1) is 0 Å². The van der Waals surface area contributed by atoms with Crippen molar-refractivity contribution in [1.29, 1.82) is 0 Å². The number of carbonyl (C=O) groups is 3. The number of rotatable bonds is 7. The van der Waals surface area contributed by atoms with Crippen LogP contribution in [0.5, 0.6) is 0 Å². The largest absolute Gasteiger partial charge is 0.480 e. The van der Waals surface area contributed by atoms with E-state index in [4.69, 9.17) is 27.7 Å². The minimum Gasteiger partial charge on any atom is -0.480 e. The molecule has 2 aromatic carbocycles. The number of hydrogen-bond donors (Lipinski definition) is 2. The number of nitrogens with one attached hydrogen (secondary N) is 1. The Labute approximate surface area is 217 Å². The third-order valence-corrected chi connectivity index (χ3v) is 6.66. The monoisotopic (exact) mass is 527 g/mol. The van der Waals surface area contributed by atoms with Gasteiger partial charge in [0.1, 0.15) is 17.9 Å². The zero-order valence-corrected chi connectivity index (χ0v) is 20.8. The molecule has 1 aliphatic rings. The van der Waals surface area contributed by atoms with Gasteiger partial charge in [0.2, 0.25) is 0 Å². The normalized spacial score (nSPS) is 14.2. The Hall–Kier alpha value is -3.62. The molecule has 0 unspecified atom stereocenters. The molecule has 2 heterocycles. The molecule has 1 aromatic heterocycles. The number of aliphatic carboxylic acids is 1. The fourth-order valence-electron chi connectivity index (χ4n) is 4.02. The van der Waals surface area contributed by atoms with Gasteiger partial charge in [-0.3, -0.25) is 9.59 Å². The molecule has 0 bridgehead atoms. The molecule has 4 rings (SSSR count). The van der Waals surface area contributed by atoms with Crippen LogP contribution in [0.1, 0.15) is 44.0 Å². The summed E-state index contributed by atoms with van der Waals surface area (Å²) in [6.07, 6.45) is 4.14. The fraction of sp³-hybridized carbons (Fsp3) is 0.231. The Morgan fingerprint density at radius 3 is 2.39 bits per heavy atom. The van der Waals surface area contributed by atoms with Crippen molar-refractivity contribution >= 4 is 46.6 Å². The number of aromatic nitrogens is 1. The van der Waals surface area contributed by atoms with Crippen LogP contribution in [0.3, 0.4) is 0 Å². The average molecular weight is 528 g/mol. The Morgan fingerprint density at radius 2 is 1.83 bits per heavy atom. The average Bonchev–Trinajstić information content (AvgIpc) is 3.29. The lowest BCUT2D eigenvalue weighted by atomic mass is 9.96. The van der Waals surface area contributed by atoms with E-state index in [1.54, 1.807) is 17.9 Å². The molecule has 0 saturated carbocycles. The second-order valence-corrected chi connectivity index (χ2v) is 9.22. The summed E-state index contributed by atoms with van der Waals surface area (Å²) in [7, 11) is 0. The molecule has 0 aliphatic carbocycles. The summed E-state index contributed by atoms with van der Waals surface area (Å²) in [6.45, 7) is 2.77. The molecule has 3 aromatic rings. The molecular weight excluding hydrogens is 505 g/mol. The molecule has 0 spiro atoms. The Kier molecular flexibility index (Phi) is 7.76. The maximum Gasteiger partial charge on any atom is 0.326 e. The smallest absolute Gasteiger partial charge is 0.326 e. The van der Waals surface area contributed by atoms with Gasteiger partial charge in [-0.1, -0.05) is 64.8 Å². The zero-order chi connectivity index (χ0) is 25.8. The first-order chi connectivity index (χ1) is 17.2. The van der Waals surface area contributed by atoms with E-state index < -0.39 is 17.9 Å². The highest BCUT2D eigenvalue weighted by molar-refractivity contribution is 6.39. The van der Waals surface area contributed by atoms with Gasteiger partial charge in [0.15, 0.2) is 0 Å². The van der Waals surface area contributed by atoms with Crippen molar-refractivity contribution in [2.45, 2.75) is 25.8 Å². The minimum absolute atomic E-state index is 0.0402. The van der Waals surface area contributed by atoms with Crippen LogP contribution in [0.4, 0.5) is 0 Å². The number of halogens is 2. The van der Waals surface area contributed by atoms with Gasteiger partial charge in [-0.25, -0.2) is 4.79 Å². The van der Waals surface area contributed by atoms with Crippen LogP contribution in [0.2, 0.25) is 10.0 Å². The van der Waals surface area contributed by atoms with Crippen molar-refractivity contribution in [3.8, 4) is 0 Å². The standard InChI is InChI=1S/C26H23Cl2N3O5/c1-15-19(14-36-30-15)25(33)31-11-9-18(10-12-31)17-7-5-16(6-8-17)13-22(26(34)35)29-24(32)23-20(27)3-2-4-21(23)28/h2-9,14,22H,10-13H2,1H3,(H,29,32)(H,34,35)/t22-/m0/s1. The van der Waals surface area contributed by atoms with Crippen molar-refractivity contribution in [3.05, 3.63) is 92.8 Å². The summed E-state index contributed by atoms with van der Waals surface area (Å²) in [5.41, 5.74) is 3.91. The summed E-state index contributed by atoms with van der Waals surface area (Å²) in [6, 6.07) is 11.0. The van der Waals surface area contributed by atoms with Crippen molar-refractivity contribution in [2.75, 3.05) is 13.1 Å².